The first-order chi connectivity index (χ1) is 13.6. The summed E-state index contributed by atoms with van der Waals surface area (Å²) in [7, 11) is 0. The summed E-state index contributed by atoms with van der Waals surface area (Å²) in [5.74, 6) is 1.31. The largest absolute Gasteiger partial charge is 0.454 e. The highest BCUT2D eigenvalue weighted by Gasteiger charge is 2.26. The average molecular weight is 396 g/mol. The van der Waals surface area contributed by atoms with Crippen molar-refractivity contribution in [3.63, 3.8) is 0 Å². The zero-order valence-electron chi connectivity index (χ0n) is 15.8. The third-order valence-electron chi connectivity index (χ3n) is 4.82. The smallest absolute Gasteiger partial charge is 0.282 e. The van der Waals surface area contributed by atoms with Gasteiger partial charge in [-0.2, -0.15) is 0 Å². The molecule has 1 amide bonds. The monoisotopic (exact) mass is 395 g/mol. The standard InChI is InChI=1S/C22H22N2O3S/c1-14-5-7-16(8-6-14)21(20-4-3-11-28-20)23-15(2)22(25)24-17-9-10-18-19(12-17)27-13-26-18/h3-12,15,21,23H,13H2,1-2H3,(H,24,25)/p+1/t15-,21+/m1/s1. The van der Waals surface area contributed by atoms with Crippen molar-refractivity contribution >= 4 is 22.9 Å². The summed E-state index contributed by atoms with van der Waals surface area (Å²) in [5, 5.41) is 7.16. The molecule has 0 saturated carbocycles. The molecule has 4 rings (SSSR count). The second-order valence-electron chi connectivity index (χ2n) is 6.94. The molecular weight excluding hydrogens is 372 g/mol. The number of hydrogen-bond donors (Lipinski definition) is 2. The van der Waals surface area contributed by atoms with E-state index in [4.69, 9.17) is 9.47 Å². The van der Waals surface area contributed by atoms with Gasteiger partial charge in [0.15, 0.2) is 17.5 Å². The molecule has 5 nitrogen and oxygen atoms in total. The van der Waals surface area contributed by atoms with E-state index in [1.165, 1.54) is 16.0 Å². The Bertz CT molecular complexity index is 954. The number of fused-ring (bicyclic) bond motifs is 1. The number of benzene rings is 2. The first kappa shape index (κ1) is 18.5. The molecule has 0 radical (unpaired) electrons. The molecule has 1 aliphatic heterocycles. The Morgan fingerprint density at radius 3 is 2.64 bits per heavy atom. The van der Waals surface area contributed by atoms with Gasteiger partial charge in [-0.15, -0.1) is 11.3 Å². The van der Waals surface area contributed by atoms with E-state index in [-0.39, 0.29) is 24.8 Å². The second kappa shape index (κ2) is 8.04. The predicted molar refractivity (Wildman–Crippen MR) is 110 cm³/mol. The number of quaternary nitrogens is 1. The highest BCUT2D eigenvalue weighted by molar-refractivity contribution is 7.10. The SMILES string of the molecule is Cc1ccc([C@H]([NH2+][C@H](C)C(=O)Nc2ccc3c(c2)OCO3)c2cccs2)cc1. The van der Waals surface area contributed by atoms with Gasteiger partial charge in [0.25, 0.3) is 5.91 Å². The first-order valence-corrected chi connectivity index (χ1v) is 10.1. The van der Waals surface area contributed by atoms with E-state index < -0.39 is 0 Å². The van der Waals surface area contributed by atoms with Crippen LogP contribution in [0.25, 0.3) is 0 Å². The van der Waals surface area contributed by atoms with E-state index in [0.717, 1.165) is 0 Å². The summed E-state index contributed by atoms with van der Waals surface area (Å²) in [6.45, 7) is 4.22. The van der Waals surface area contributed by atoms with Crippen molar-refractivity contribution in [2.75, 3.05) is 12.1 Å². The minimum Gasteiger partial charge on any atom is -0.454 e. The number of carbonyl (C=O) groups is 1. The number of rotatable bonds is 6. The normalized spacial score (nSPS) is 14.5. The number of anilines is 1. The van der Waals surface area contributed by atoms with Crippen molar-refractivity contribution in [1.29, 1.82) is 0 Å². The molecule has 3 N–H and O–H groups in total. The molecule has 2 atom stereocenters. The summed E-state index contributed by atoms with van der Waals surface area (Å²) in [6, 6.07) is 17.9. The summed E-state index contributed by atoms with van der Waals surface area (Å²) in [6.07, 6.45) is 0. The Labute approximate surface area is 168 Å². The molecule has 0 saturated heterocycles. The van der Waals surface area contributed by atoms with Crippen LogP contribution in [0.4, 0.5) is 5.69 Å². The van der Waals surface area contributed by atoms with E-state index in [1.807, 2.05) is 25.1 Å². The summed E-state index contributed by atoms with van der Waals surface area (Å²) >= 11 is 1.71. The highest BCUT2D eigenvalue weighted by atomic mass is 32.1. The first-order valence-electron chi connectivity index (χ1n) is 9.25. The Balaban J connectivity index is 1.48. The Morgan fingerprint density at radius 2 is 1.89 bits per heavy atom. The number of aryl methyl sites for hydroxylation is 1. The van der Waals surface area contributed by atoms with Gasteiger partial charge >= 0.3 is 0 Å². The number of nitrogens with two attached hydrogens (primary N) is 1. The second-order valence-corrected chi connectivity index (χ2v) is 7.92. The number of hydrogen-bond acceptors (Lipinski definition) is 4. The van der Waals surface area contributed by atoms with Gasteiger partial charge in [0, 0.05) is 17.3 Å². The maximum atomic E-state index is 12.8. The van der Waals surface area contributed by atoms with Crippen LogP contribution >= 0.6 is 11.3 Å². The lowest BCUT2D eigenvalue weighted by Gasteiger charge is -2.19. The molecule has 0 aliphatic carbocycles. The average Bonchev–Trinajstić information content (AvgIpc) is 3.38. The fourth-order valence-electron chi connectivity index (χ4n) is 3.22. The van der Waals surface area contributed by atoms with Gasteiger partial charge in [0.1, 0.15) is 6.04 Å². The van der Waals surface area contributed by atoms with Crippen LogP contribution in [0, 0.1) is 6.92 Å². The van der Waals surface area contributed by atoms with E-state index in [0.29, 0.717) is 17.2 Å². The summed E-state index contributed by atoms with van der Waals surface area (Å²) < 4.78 is 10.7. The van der Waals surface area contributed by atoms with Crippen LogP contribution in [-0.4, -0.2) is 18.7 Å². The lowest BCUT2D eigenvalue weighted by atomic mass is 10.0. The van der Waals surface area contributed by atoms with Gasteiger partial charge in [-0.05, 0) is 37.4 Å². The Morgan fingerprint density at radius 1 is 1.11 bits per heavy atom. The molecule has 1 aromatic heterocycles. The van der Waals surface area contributed by atoms with Crippen LogP contribution in [0.5, 0.6) is 11.5 Å². The molecule has 0 unspecified atom stereocenters. The van der Waals surface area contributed by atoms with Crippen molar-refractivity contribution in [3.05, 3.63) is 76.0 Å². The minimum absolute atomic E-state index is 0.0486. The molecule has 0 spiro atoms. The lowest BCUT2D eigenvalue weighted by Crippen LogP contribution is -2.92. The quantitative estimate of drug-likeness (QED) is 0.672. The maximum absolute atomic E-state index is 12.8. The van der Waals surface area contributed by atoms with Crippen LogP contribution in [0.1, 0.15) is 29.0 Å². The molecule has 6 heteroatoms. The third kappa shape index (κ3) is 4.03. The maximum Gasteiger partial charge on any atom is 0.282 e. The molecular formula is C22H23N2O3S+. The number of nitrogens with one attached hydrogen (secondary N) is 1. The number of thiophene rings is 1. The van der Waals surface area contributed by atoms with Crippen molar-refractivity contribution < 1.29 is 19.6 Å². The topological polar surface area (TPSA) is 64.2 Å². The summed E-state index contributed by atoms with van der Waals surface area (Å²) in [5.41, 5.74) is 3.12. The van der Waals surface area contributed by atoms with E-state index in [9.17, 15) is 4.79 Å². The summed E-state index contributed by atoms with van der Waals surface area (Å²) in [4.78, 5) is 14.0. The van der Waals surface area contributed by atoms with Gasteiger partial charge in [0.05, 0.1) is 4.88 Å². The molecule has 2 heterocycles. The molecule has 1 aliphatic rings. The molecule has 0 fully saturated rings. The highest BCUT2D eigenvalue weighted by Crippen LogP contribution is 2.34. The van der Waals surface area contributed by atoms with Gasteiger partial charge in [-0.3, -0.25) is 4.79 Å². The van der Waals surface area contributed by atoms with Crippen molar-refractivity contribution in [2.24, 2.45) is 0 Å². The third-order valence-corrected chi connectivity index (χ3v) is 5.78. The molecule has 0 bridgehead atoms. The van der Waals surface area contributed by atoms with Crippen LogP contribution in [-0.2, 0) is 4.79 Å². The van der Waals surface area contributed by atoms with E-state index >= 15 is 0 Å². The van der Waals surface area contributed by atoms with Crippen molar-refractivity contribution in [1.82, 2.24) is 0 Å². The molecule has 2 aromatic carbocycles. The molecule has 3 aromatic rings. The number of ether oxygens (including phenoxy) is 2. The minimum atomic E-state index is -0.265. The molecule has 144 valence electrons. The number of carbonyl (C=O) groups excluding carboxylic acids is 1. The number of amides is 1. The zero-order chi connectivity index (χ0) is 19.5. The lowest BCUT2D eigenvalue weighted by molar-refractivity contribution is -0.703. The Kier molecular flexibility index (Phi) is 5.32. The van der Waals surface area contributed by atoms with E-state index in [2.05, 4.69) is 53.3 Å². The van der Waals surface area contributed by atoms with Crippen LogP contribution < -0.4 is 20.1 Å². The van der Waals surface area contributed by atoms with Crippen LogP contribution in [0.15, 0.2) is 60.0 Å². The fraction of sp³-hybridized carbons (Fsp3) is 0.227. The van der Waals surface area contributed by atoms with Gasteiger partial charge in [-0.25, -0.2) is 0 Å². The van der Waals surface area contributed by atoms with Crippen LogP contribution in [0.2, 0.25) is 0 Å². The van der Waals surface area contributed by atoms with Gasteiger partial charge in [0.2, 0.25) is 6.79 Å². The van der Waals surface area contributed by atoms with Crippen LogP contribution in [0.3, 0.4) is 0 Å². The Hall–Kier alpha value is -2.83. The predicted octanol–water partition coefficient (Wildman–Crippen LogP) is 3.47. The van der Waals surface area contributed by atoms with Gasteiger partial charge in [-0.1, -0.05) is 35.9 Å². The van der Waals surface area contributed by atoms with Crippen molar-refractivity contribution in [2.45, 2.75) is 25.9 Å². The molecule has 28 heavy (non-hydrogen) atoms. The van der Waals surface area contributed by atoms with Gasteiger partial charge < -0.3 is 20.1 Å². The zero-order valence-corrected chi connectivity index (χ0v) is 16.7. The van der Waals surface area contributed by atoms with E-state index in [1.54, 1.807) is 17.4 Å². The fourth-order valence-corrected chi connectivity index (χ4v) is 4.05. The van der Waals surface area contributed by atoms with Crippen molar-refractivity contribution in [3.8, 4) is 11.5 Å².